The molecule has 0 unspecified atom stereocenters. The molecule has 5 N–H and O–H groups in total. The van der Waals surface area contributed by atoms with Crippen molar-refractivity contribution in [3.05, 3.63) is 40.7 Å². The maximum absolute atomic E-state index is 12.0. The van der Waals surface area contributed by atoms with Crippen LogP contribution >= 0.6 is 11.6 Å². The molecule has 0 aliphatic carbocycles. The molecule has 0 radical (unpaired) electrons. The minimum Gasteiger partial charge on any atom is -0.456 e. The van der Waals surface area contributed by atoms with Crippen LogP contribution in [-0.2, 0) is 16.1 Å². The van der Waals surface area contributed by atoms with Gasteiger partial charge in [-0.05, 0) is 31.2 Å². The van der Waals surface area contributed by atoms with Crippen molar-refractivity contribution in [1.82, 2.24) is 20.3 Å². The molecule has 1 aromatic heterocycles. The van der Waals surface area contributed by atoms with Gasteiger partial charge in [0.15, 0.2) is 12.4 Å². The van der Waals surface area contributed by atoms with Gasteiger partial charge in [0.2, 0.25) is 11.9 Å². The Bertz CT molecular complexity index is 732. The van der Waals surface area contributed by atoms with E-state index in [0.29, 0.717) is 10.6 Å². The predicted octanol–water partition coefficient (Wildman–Crippen LogP) is 0.551. The highest BCUT2D eigenvalue weighted by atomic mass is 35.5. The number of nitrogens with zero attached hydrogens (tertiary/aromatic N) is 3. The number of carbonyl (C=O) groups is 2. The summed E-state index contributed by atoms with van der Waals surface area (Å²) in [7, 11) is 0. The van der Waals surface area contributed by atoms with Crippen LogP contribution in [0.25, 0.3) is 0 Å². The van der Waals surface area contributed by atoms with E-state index in [2.05, 4.69) is 20.3 Å². The third-order valence-corrected chi connectivity index (χ3v) is 3.12. The fourth-order valence-electron chi connectivity index (χ4n) is 1.72. The quantitative estimate of drug-likeness (QED) is 0.662. The Balaban J connectivity index is 1.89. The van der Waals surface area contributed by atoms with Crippen molar-refractivity contribution in [3.63, 3.8) is 0 Å². The molecule has 0 aliphatic rings. The number of amides is 1. The summed E-state index contributed by atoms with van der Waals surface area (Å²) in [4.78, 5) is 35.1. The number of hydrogen-bond acceptors (Lipinski definition) is 8. The Kier molecular flexibility index (Phi) is 5.48. The number of nitrogens with one attached hydrogen (secondary N) is 1. The van der Waals surface area contributed by atoms with Crippen molar-refractivity contribution in [2.45, 2.75) is 19.6 Å². The van der Waals surface area contributed by atoms with E-state index in [1.54, 1.807) is 24.3 Å². The third kappa shape index (κ3) is 4.78. The van der Waals surface area contributed by atoms with Crippen LogP contribution in [0.15, 0.2) is 24.3 Å². The lowest BCUT2D eigenvalue weighted by molar-refractivity contribution is -0.147. The highest BCUT2D eigenvalue weighted by Gasteiger charge is 2.18. The summed E-state index contributed by atoms with van der Waals surface area (Å²) in [5, 5.41) is 3.02. The average molecular weight is 351 g/mol. The van der Waals surface area contributed by atoms with E-state index in [9.17, 15) is 9.59 Å². The predicted molar refractivity (Wildman–Crippen MR) is 86.8 cm³/mol. The highest BCUT2D eigenvalue weighted by Crippen LogP contribution is 2.09. The number of rotatable bonds is 5. The fraction of sp³-hybridized carbons (Fsp3) is 0.214. The van der Waals surface area contributed by atoms with E-state index in [0.717, 1.165) is 0 Å². The van der Waals surface area contributed by atoms with Gasteiger partial charge in [0, 0.05) is 10.6 Å². The summed E-state index contributed by atoms with van der Waals surface area (Å²) < 4.78 is 5.02. The number of aromatic nitrogens is 3. The molecule has 0 saturated carbocycles. The maximum Gasteiger partial charge on any atom is 0.328 e. The molecular formula is C14H15ClN6O3. The van der Waals surface area contributed by atoms with Crippen LogP contribution in [0, 0.1) is 0 Å². The summed E-state index contributed by atoms with van der Waals surface area (Å²) >= 11 is 5.75. The molecular weight excluding hydrogens is 336 g/mol. The van der Waals surface area contributed by atoms with Gasteiger partial charge in [-0.1, -0.05) is 11.6 Å². The summed E-state index contributed by atoms with van der Waals surface area (Å²) in [6.07, 6.45) is 0. The van der Waals surface area contributed by atoms with Gasteiger partial charge in [0.1, 0.15) is 6.04 Å². The monoisotopic (exact) mass is 350 g/mol. The number of benzene rings is 1. The third-order valence-electron chi connectivity index (χ3n) is 2.87. The molecule has 0 saturated heterocycles. The van der Waals surface area contributed by atoms with Crippen molar-refractivity contribution >= 4 is 35.4 Å². The molecule has 10 heteroatoms. The average Bonchev–Trinajstić information content (AvgIpc) is 2.52. The molecule has 0 bridgehead atoms. The van der Waals surface area contributed by atoms with Crippen molar-refractivity contribution in [1.29, 1.82) is 0 Å². The number of nitrogen functional groups attached to an aromatic ring is 2. The molecule has 1 amide bonds. The molecule has 2 rings (SSSR count). The van der Waals surface area contributed by atoms with Gasteiger partial charge in [-0.15, -0.1) is 0 Å². The number of halogens is 1. The zero-order chi connectivity index (χ0) is 17.7. The van der Waals surface area contributed by atoms with Crippen LogP contribution in [0.3, 0.4) is 0 Å². The van der Waals surface area contributed by atoms with E-state index in [1.807, 2.05) is 0 Å². The van der Waals surface area contributed by atoms with Gasteiger partial charge in [0.05, 0.1) is 0 Å². The van der Waals surface area contributed by atoms with Gasteiger partial charge >= 0.3 is 5.97 Å². The standard InChI is InChI=1S/C14H15ClN6O3/c1-7(18-11(22)8-2-4-9(15)5-3-8)12(23)24-6-10-19-13(16)21-14(17)20-10/h2-5,7H,6H2,1H3,(H,18,22)(H4,16,17,19,20,21)/t7-/m0/s1. The summed E-state index contributed by atoms with van der Waals surface area (Å²) in [5.41, 5.74) is 11.2. The van der Waals surface area contributed by atoms with E-state index >= 15 is 0 Å². The van der Waals surface area contributed by atoms with Gasteiger partial charge in [-0.25, -0.2) is 4.79 Å². The minimum atomic E-state index is -0.871. The van der Waals surface area contributed by atoms with Crippen LogP contribution in [0.4, 0.5) is 11.9 Å². The minimum absolute atomic E-state index is 0.0716. The van der Waals surface area contributed by atoms with Crippen LogP contribution in [0.5, 0.6) is 0 Å². The Morgan fingerprint density at radius 2 is 1.75 bits per heavy atom. The summed E-state index contributed by atoms with van der Waals surface area (Å²) in [6.45, 7) is 1.25. The number of anilines is 2. The number of carbonyl (C=O) groups excluding carboxylic acids is 2. The topological polar surface area (TPSA) is 146 Å². The lowest BCUT2D eigenvalue weighted by Gasteiger charge is -2.13. The van der Waals surface area contributed by atoms with Crippen LogP contribution in [0.2, 0.25) is 5.02 Å². The normalized spacial score (nSPS) is 11.6. The lowest BCUT2D eigenvalue weighted by Crippen LogP contribution is -2.39. The molecule has 1 heterocycles. The van der Waals surface area contributed by atoms with Crippen molar-refractivity contribution in [2.75, 3.05) is 11.5 Å². The Hall–Kier alpha value is -2.94. The summed E-state index contributed by atoms with van der Waals surface area (Å²) in [5.74, 6) is -1.11. The second kappa shape index (κ2) is 7.55. The van der Waals surface area contributed by atoms with Gasteiger partial charge in [0.25, 0.3) is 5.91 Å². The Labute approximate surface area is 142 Å². The zero-order valence-corrected chi connectivity index (χ0v) is 13.4. The first-order chi connectivity index (χ1) is 11.3. The first-order valence-electron chi connectivity index (χ1n) is 6.84. The largest absolute Gasteiger partial charge is 0.456 e. The first-order valence-corrected chi connectivity index (χ1v) is 7.22. The molecule has 0 fully saturated rings. The van der Waals surface area contributed by atoms with E-state index in [1.165, 1.54) is 6.92 Å². The van der Waals surface area contributed by atoms with Crippen molar-refractivity contribution in [3.8, 4) is 0 Å². The van der Waals surface area contributed by atoms with E-state index in [4.69, 9.17) is 27.8 Å². The molecule has 0 aliphatic heterocycles. The number of esters is 1. The molecule has 1 atom stereocenters. The smallest absolute Gasteiger partial charge is 0.328 e. The molecule has 24 heavy (non-hydrogen) atoms. The van der Waals surface area contributed by atoms with Crippen LogP contribution in [-0.4, -0.2) is 32.9 Å². The van der Waals surface area contributed by atoms with Gasteiger partial charge < -0.3 is 21.5 Å². The lowest BCUT2D eigenvalue weighted by atomic mass is 10.2. The van der Waals surface area contributed by atoms with Gasteiger partial charge in [-0.2, -0.15) is 15.0 Å². The SMILES string of the molecule is C[C@H](NC(=O)c1ccc(Cl)cc1)C(=O)OCc1nc(N)nc(N)n1. The second-order valence-corrected chi connectivity index (χ2v) is 5.21. The molecule has 9 nitrogen and oxygen atoms in total. The summed E-state index contributed by atoms with van der Waals surface area (Å²) in [6, 6.07) is 5.38. The number of hydrogen-bond donors (Lipinski definition) is 3. The van der Waals surface area contributed by atoms with Crippen molar-refractivity contribution < 1.29 is 14.3 Å². The maximum atomic E-state index is 12.0. The number of ether oxygens (including phenoxy) is 1. The first kappa shape index (κ1) is 17.4. The molecule has 0 spiro atoms. The van der Waals surface area contributed by atoms with E-state index < -0.39 is 17.9 Å². The number of nitrogens with two attached hydrogens (primary N) is 2. The van der Waals surface area contributed by atoms with Gasteiger partial charge in [-0.3, -0.25) is 4.79 Å². The van der Waals surface area contributed by atoms with Crippen LogP contribution in [0.1, 0.15) is 23.1 Å². The second-order valence-electron chi connectivity index (χ2n) is 4.78. The fourth-order valence-corrected chi connectivity index (χ4v) is 1.85. The molecule has 2 aromatic rings. The van der Waals surface area contributed by atoms with Crippen molar-refractivity contribution in [2.24, 2.45) is 0 Å². The van der Waals surface area contributed by atoms with E-state index in [-0.39, 0.29) is 24.3 Å². The molecule has 126 valence electrons. The Morgan fingerprint density at radius 1 is 1.17 bits per heavy atom. The zero-order valence-electron chi connectivity index (χ0n) is 12.7. The highest BCUT2D eigenvalue weighted by molar-refractivity contribution is 6.30. The van der Waals surface area contributed by atoms with Crippen LogP contribution < -0.4 is 16.8 Å². The Morgan fingerprint density at radius 3 is 2.33 bits per heavy atom. The molecule has 1 aromatic carbocycles.